The molecule has 0 aliphatic carbocycles. The van der Waals surface area contributed by atoms with E-state index in [4.69, 9.17) is 16.3 Å². The molecule has 3 heterocycles. The maximum atomic E-state index is 13.7. The number of allylic oxidation sites excluding steroid dienone is 1. The van der Waals surface area contributed by atoms with E-state index < -0.39 is 17.5 Å². The van der Waals surface area contributed by atoms with E-state index in [1.165, 1.54) is 0 Å². The van der Waals surface area contributed by atoms with E-state index in [-0.39, 0.29) is 36.9 Å². The van der Waals surface area contributed by atoms with Crippen LogP contribution in [0.5, 0.6) is 5.75 Å². The summed E-state index contributed by atoms with van der Waals surface area (Å²) in [5, 5.41) is 15.2. The second-order valence-electron chi connectivity index (χ2n) is 9.09. The number of benzene rings is 2. The van der Waals surface area contributed by atoms with Crippen molar-refractivity contribution in [2.75, 3.05) is 19.8 Å². The molecule has 4 atom stereocenters. The molecule has 0 saturated carbocycles. The normalized spacial score (nSPS) is 27.5. The monoisotopic (exact) mass is 493 g/mol. The van der Waals surface area contributed by atoms with Gasteiger partial charge in [0.15, 0.2) is 11.5 Å². The van der Waals surface area contributed by atoms with Crippen molar-refractivity contribution >= 4 is 23.3 Å². The Bertz CT molecular complexity index is 1210. The minimum atomic E-state index is -0.480. The van der Waals surface area contributed by atoms with Gasteiger partial charge in [-0.25, -0.2) is 0 Å². The number of para-hydroxylation sites is 1. The van der Waals surface area contributed by atoms with E-state index in [0.29, 0.717) is 23.8 Å². The van der Waals surface area contributed by atoms with Crippen LogP contribution in [0.3, 0.4) is 0 Å². The molecular formula is C27H28ClN3O4. The average Bonchev–Trinajstić information content (AvgIpc) is 2.88. The molecule has 1 saturated heterocycles. The summed E-state index contributed by atoms with van der Waals surface area (Å²) in [4.78, 5) is 28.2. The third-order valence-electron chi connectivity index (χ3n) is 6.89. The Labute approximate surface area is 209 Å². The first-order valence-corrected chi connectivity index (χ1v) is 12.3. The highest BCUT2D eigenvalue weighted by Crippen LogP contribution is 2.43. The average molecular weight is 494 g/mol. The summed E-state index contributed by atoms with van der Waals surface area (Å²) in [6, 6.07) is 14.9. The Morgan fingerprint density at radius 1 is 1.11 bits per heavy atom. The first-order valence-electron chi connectivity index (χ1n) is 11.9. The van der Waals surface area contributed by atoms with Gasteiger partial charge in [0.2, 0.25) is 5.78 Å². The Morgan fingerprint density at radius 3 is 2.63 bits per heavy atom. The lowest BCUT2D eigenvalue weighted by molar-refractivity contribution is -0.164. The number of ketones is 1. The summed E-state index contributed by atoms with van der Waals surface area (Å²) in [5.41, 5.74) is 1.83. The Morgan fingerprint density at radius 2 is 1.89 bits per heavy atom. The number of hydrazine groups is 1. The number of hydrogen-bond donors (Lipinski definition) is 1. The van der Waals surface area contributed by atoms with Gasteiger partial charge in [0.1, 0.15) is 12.4 Å². The molecule has 2 unspecified atom stereocenters. The molecule has 7 nitrogen and oxygen atoms in total. The van der Waals surface area contributed by atoms with Crippen molar-refractivity contribution in [3.8, 4) is 5.75 Å². The zero-order valence-corrected chi connectivity index (χ0v) is 20.5. The number of halogens is 1. The highest BCUT2D eigenvalue weighted by Gasteiger charge is 2.47. The van der Waals surface area contributed by atoms with Crippen molar-refractivity contribution < 1.29 is 19.4 Å². The quantitative estimate of drug-likeness (QED) is 0.622. The highest BCUT2D eigenvalue weighted by atomic mass is 35.5. The van der Waals surface area contributed by atoms with Crippen molar-refractivity contribution in [2.24, 2.45) is 5.92 Å². The minimum absolute atomic E-state index is 0.0240. The van der Waals surface area contributed by atoms with Crippen molar-refractivity contribution in [3.63, 3.8) is 0 Å². The van der Waals surface area contributed by atoms with Crippen molar-refractivity contribution in [3.05, 3.63) is 88.3 Å². The number of rotatable bonds is 2. The van der Waals surface area contributed by atoms with Crippen LogP contribution in [0.1, 0.15) is 37.4 Å². The summed E-state index contributed by atoms with van der Waals surface area (Å²) in [5.74, 6) is -1.14. The van der Waals surface area contributed by atoms with Crippen LogP contribution < -0.4 is 4.74 Å². The van der Waals surface area contributed by atoms with Crippen molar-refractivity contribution in [1.29, 1.82) is 0 Å². The van der Waals surface area contributed by atoms with E-state index in [0.717, 1.165) is 11.1 Å². The molecular weight excluding hydrogens is 466 g/mol. The third-order valence-corrected chi connectivity index (χ3v) is 7.18. The molecule has 0 radical (unpaired) electrons. The first-order chi connectivity index (χ1) is 16.9. The second kappa shape index (κ2) is 9.40. The lowest BCUT2D eigenvalue weighted by atomic mass is 9.94. The number of aliphatic hydroxyl groups excluding tert-OH is 1. The number of Topliss-reactive ketones (excluding diaryl/α,β-unsaturated/α-hetero) is 1. The zero-order valence-electron chi connectivity index (χ0n) is 19.7. The topological polar surface area (TPSA) is 73.3 Å². The van der Waals surface area contributed by atoms with Crippen LogP contribution >= 0.6 is 11.6 Å². The highest BCUT2D eigenvalue weighted by molar-refractivity contribution is 6.32. The predicted molar refractivity (Wildman–Crippen MR) is 133 cm³/mol. The molecule has 2 aromatic rings. The van der Waals surface area contributed by atoms with Gasteiger partial charge in [0.05, 0.1) is 23.8 Å². The molecule has 0 spiro atoms. The van der Waals surface area contributed by atoms with Gasteiger partial charge in [-0.05, 0) is 24.1 Å². The summed E-state index contributed by atoms with van der Waals surface area (Å²) in [7, 11) is 0. The fourth-order valence-electron chi connectivity index (χ4n) is 5.11. The molecule has 2 aromatic carbocycles. The Hall–Kier alpha value is -3.29. The van der Waals surface area contributed by atoms with Crippen LogP contribution in [0.4, 0.5) is 0 Å². The number of hydrogen-bond acceptors (Lipinski definition) is 6. The Kier molecular flexibility index (Phi) is 6.30. The molecule has 8 heteroatoms. The molecule has 3 aliphatic rings. The van der Waals surface area contributed by atoms with Crippen LogP contribution in [-0.2, 0) is 9.59 Å². The standard InChI is InChI=1S/C27H28ClN3O4/c1-3-19-11-8-14-35-26-20(12-7-13-21(26)28)22(18-9-5-4-6-10-18)31-16-29(19)27(34)23-25(33)24(32)17(2)15-30(23)31/h4-13,17,19,22,33H,3,14-16H2,1-2H3/b11-8+/t17?,19-,22+/m1/s1. The van der Waals surface area contributed by atoms with Crippen LogP contribution in [0.15, 0.2) is 72.1 Å². The molecule has 2 bridgehead atoms. The number of nitrogens with zero attached hydrogens (tertiary/aromatic N) is 3. The zero-order chi connectivity index (χ0) is 24.7. The number of carbonyl (C=O) groups excluding carboxylic acids is 2. The minimum Gasteiger partial charge on any atom is -0.503 e. The maximum absolute atomic E-state index is 13.7. The molecule has 3 aliphatic heterocycles. The molecule has 1 N–H and O–H groups in total. The predicted octanol–water partition coefficient (Wildman–Crippen LogP) is 4.46. The number of fused-ring (bicyclic) bond motifs is 5. The largest absolute Gasteiger partial charge is 0.503 e. The number of ether oxygens (including phenoxy) is 1. The van der Waals surface area contributed by atoms with E-state index >= 15 is 0 Å². The summed E-state index contributed by atoms with van der Waals surface area (Å²) < 4.78 is 6.18. The number of amides is 1. The smallest absolute Gasteiger partial charge is 0.277 e. The molecule has 5 rings (SSSR count). The summed E-state index contributed by atoms with van der Waals surface area (Å²) in [6.45, 7) is 4.61. The van der Waals surface area contributed by atoms with E-state index in [9.17, 15) is 14.7 Å². The third kappa shape index (κ3) is 3.98. The van der Waals surface area contributed by atoms with Crippen molar-refractivity contribution in [1.82, 2.24) is 14.9 Å². The van der Waals surface area contributed by atoms with Crippen LogP contribution in [-0.4, -0.2) is 57.6 Å². The van der Waals surface area contributed by atoms with Gasteiger partial charge in [-0.15, -0.1) is 0 Å². The maximum Gasteiger partial charge on any atom is 0.277 e. The molecule has 1 fully saturated rings. The van der Waals surface area contributed by atoms with Crippen LogP contribution in [0.2, 0.25) is 5.02 Å². The fourth-order valence-corrected chi connectivity index (χ4v) is 5.34. The van der Waals surface area contributed by atoms with Gasteiger partial charge in [-0.1, -0.05) is 74.0 Å². The van der Waals surface area contributed by atoms with Crippen LogP contribution in [0, 0.1) is 5.92 Å². The first kappa shape index (κ1) is 23.5. The Balaban J connectivity index is 1.78. The van der Waals surface area contributed by atoms with E-state index in [1.54, 1.807) is 22.9 Å². The van der Waals surface area contributed by atoms with E-state index in [1.807, 2.05) is 66.5 Å². The second-order valence-corrected chi connectivity index (χ2v) is 9.49. The van der Waals surface area contributed by atoms with Gasteiger partial charge >= 0.3 is 0 Å². The van der Waals surface area contributed by atoms with Crippen LogP contribution in [0.25, 0.3) is 0 Å². The molecule has 182 valence electrons. The van der Waals surface area contributed by atoms with Crippen molar-refractivity contribution in [2.45, 2.75) is 32.4 Å². The van der Waals surface area contributed by atoms with E-state index in [2.05, 4.69) is 0 Å². The molecule has 1 amide bonds. The molecule has 0 aromatic heterocycles. The van der Waals surface area contributed by atoms with Gasteiger partial charge in [0.25, 0.3) is 5.91 Å². The lowest BCUT2D eigenvalue weighted by Crippen LogP contribution is -2.63. The number of aliphatic hydroxyl groups is 1. The summed E-state index contributed by atoms with van der Waals surface area (Å²) in [6.07, 6.45) is 4.49. The summed E-state index contributed by atoms with van der Waals surface area (Å²) >= 11 is 6.63. The van der Waals surface area contributed by atoms with Gasteiger partial charge in [-0.3, -0.25) is 14.6 Å². The SMILES string of the molecule is CC[C@@H]1/C=C/COc2c(Cl)cccc2[C@H](c2ccccc2)N2CN1C(=O)C1=C(O)C(=O)C(C)CN12. The van der Waals surface area contributed by atoms with Gasteiger partial charge < -0.3 is 14.7 Å². The molecule has 35 heavy (non-hydrogen) atoms. The number of carbonyl (C=O) groups is 2. The fraction of sp³-hybridized carbons (Fsp3) is 0.333. The van der Waals surface area contributed by atoms with Gasteiger partial charge in [-0.2, -0.15) is 5.01 Å². The van der Waals surface area contributed by atoms with Gasteiger partial charge in [0, 0.05) is 18.0 Å². The lowest BCUT2D eigenvalue weighted by Gasteiger charge is -2.52.